The van der Waals surface area contributed by atoms with Gasteiger partial charge in [-0.25, -0.2) is 0 Å². The zero-order chi connectivity index (χ0) is 29.6. The number of likely N-dealkylation sites (N-methyl/N-ethyl adjacent to an activating group) is 1. The number of hydrogen-bond acceptors (Lipinski definition) is 12. The molecule has 0 heterocycles. The van der Waals surface area contributed by atoms with Crippen molar-refractivity contribution in [1.29, 1.82) is 0 Å². The molecule has 0 spiro atoms. The van der Waals surface area contributed by atoms with Gasteiger partial charge in [0.25, 0.3) is 0 Å². The van der Waals surface area contributed by atoms with Crippen molar-refractivity contribution >= 4 is 0 Å². The van der Waals surface area contributed by atoms with E-state index in [1.807, 2.05) is 7.05 Å². The summed E-state index contributed by atoms with van der Waals surface area (Å²) in [5, 5.41) is 3.02. The highest BCUT2D eigenvalue weighted by molar-refractivity contribution is 4.41. The number of ether oxygens (including phenoxy) is 11. The molecule has 0 fully saturated rings. The Hall–Kier alpha value is -0.480. The van der Waals surface area contributed by atoms with Gasteiger partial charge >= 0.3 is 0 Å². The van der Waals surface area contributed by atoms with Crippen LogP contribution in [0.3, 0.4) is 0 Å². The van der Waals surface area contributed by atoms with Crippen molar-refractivity contribution in [1.82, 2.24) is 5.32 Å². The first-order chi connectivity index (χ1) is 20.4. The predicted molar refractivity (Wildman–Crippen MR) is 157 cm³/mol. The fraction of sp³-hybridized carbons (Fsp3) is 1.00. The molecule has 12 nitrogen and oxygen atoms in total. The number of unbranched alkanes of at least 4 members (excludes halogenated alkanes) is 3. The zero-order valence-corrected chi connectivity index (χ0v) is 26.1. The maximum absolute atomic E-state index is 5.52. The fourth-order valence-electron chi connectivity index (χ4n) is 3.11. The predicted octanol–water partition coefficient (Wildman–Crippen LogP) is 1.97. The second-order valence-corrected chi connectivity index (χ2v) is 8.90. The summed E-state index contributed by atoms with van der Waals surface area (Å²) < 4.78 is 60.1. The minimum absolute atomic E-state index is 0.524. The first-order valence-electron chi connectivity index (χ1n) is 15.4. The molecule has 12 heteroatoms. The molecule has 0 radical (unpaired) electrons. The molecule has 0 aliphatic rings. The minimum atomic E-state index is 0.524. The maximum Gasteiger partial charge on any atom is 0.0701 e. The molecule has 0 aliphatic heterocycles. The monoisotopic (exact) mass is 599 g/mol. The lowest BCUT2D eigenvalue weighted by Gasteiger charge is -2.09. The average molecular weight is 600 g/mol. The lowest BCUT2D eigenvalue weighted by Crippen LogP contribution is -2.17. The van der Waals surface area contributed by atoms with Crippen molar-refractivity contribution in [2.45, 2.75) is 32.6 Å². The molecule has 0 saturated carbocycles. The Bertz CT molecular complexity index is 415. The van der Waals surface area contributed by atoms with E-state index in [4.69, 9.17) is 52.1 Å². The van der Waals surface area contributed by atoms with Crippen molar-refractivity contribution in [2.24, 2.45) is 0 Å². The molecule has 0 unspecified atom stereocenters. The van der Waals surface area contributed by atoms with E-state index in [2.05, 4.69) is 12.2 Å². The quantitative estimate of drug-likeness (QED) is 0.105. The largest absolute Gasteiger partial charge is 0.379 e. The van der Waals surface area contributed by atoms with E-state index in [1.54, 1.807) is 0 Å². The normalized spacial score (nSPS) is 11.6. The average Bonchev–Trinajstić information content (AvgIpc) is 2.98. The van der Waals surface area contributed by atoms with Gasteiger partial charge < -0.3 is 57.4 Å². The van der Waals surface area contributed by atoms with Crippen LogP contribution in [0.1, 0.15) is 32.6 Å². The summed E-state index contributed by atoms with van der Waals surface area (Å²) >= 11 is 0. The molecule has 248 valence electrons. The smallest absolute Gasteiger partial charge is 0.0701 e. The second kappa shape index (κ2) is 39.5. The second-order valence-electron chi connectivity index (χ2n) is 8.90. The molecule has 0 saturated heterocycles. The van der Waals surface area contributed by atoms with Crippen molar-refractivity contribution in [3.8, 4) is 0 Å². The highest BCUT2D eigenvalue weighted by Crippen LogP contribution is 1.98. The van der Waals surface area contributed by atoms with Crippen LogP contribution in [-0.2, 0) is 52.1 Å². The molecule has 0 aromatic heterocycles. The van der Waals surface area contributed by atoms with Crippen LogP contribution < -0.4 is 5.32 Å². The van der Waals surface area contributed by atoms with Gasteiger partial charge in [0.15, 0.2) is 0 Å². The molecule has 0 rings (SSSR count). The summed E-state index contributed by atoms with van der Waals surface area (Å²) in [6.07, 6.45) is 4.90. The molecule has 41 heavy (non-hydrogen) atoms. The van der Waals surface area contributed by atoms with Crippen molar-refractivity contribution in [3.05, 3.63) is 0 Å². The van der Waals surface area contributed by atoms with Gasteiger partial charge in [-0.05, 0) is 13.5 Å². The van der Waals surface area contributed by atoms with Gasteiger partial charge in [-0.1, -0.05) is 26.2 Å². The Balaban J connectivity index is 3.02. The highest BCUT2D eigenvalue weighted by atomic mass is 16.6. The van der Waals surface area contributed by atoms with Crippen LogP contribution in [0.4, 0.5) is 0 Å². The highest BCUT2D eigenvalue weighted by Gasteiger charge is 1.96. The van der Waals surface area contributed by atoms with Crippen LogP contribution in [0.2, 0.25) is 0 Å². The van der Waals surface area contributed by atoms with Gasteiger partial charge in [0.05, 0.1) is 139 Å². The summed E-state index contributed by atoms with van der Waals surface area (Å²) in [6, 6.07) is 0. The Morgan fingerprint density at radius 3 is 0.780 bits per heavy atom. The topological polar surface area (TPSA) is 114 Å². The lowest BCUT2D eigenvalue weighted by molar-refractivity contribution is -0.0274. The van der Waals surface area contributed by atoms with Gasteiger partial charge in [-0.15, -0.1) is 0 Å². The Morgan fingerprint density at radius 2 is 0.537 bits per heavy atom. The third-order valence-corrected chi connectivity index (χ3v) is 5.36. The molecule has 0 aliphatic carbocycles. The van der Waals surface area contributed by atoms with E-state index in [0.29, 0.717) is 139 Å². The van der Waals surface area contributed by atoms with E-state index in [0.717, 1.165) is 19.6 Å². The molecule has 1 N–H and O–H groups in total. The van der Waals surface area contributed by atoms with Gasteiger partial charge in [0.2, 0.25) is 0 Å². The summed E-state index contributed by atoms with van der Waals surface area (Å²) in [4.78, 5) is 0. The van der Waals surface area contributed by atoms with Crippen LogP contribution in [0.15, 0.2) is 0 Å². The van der Waals surface area contributed by atoms with Gasteiger partial charge in [0, 0.05) is 13.2 Å². The molecule has 0 amide bonds. The van der Waals surface area contributed by atoms with Crippen molar-refractivity contribution in [3.63, 3.8) is 0 Å². The van der Waals surface area contributed by atoms with Crippen LogP contribution in [0.5, 0.6) is 0 Å². The number of nitrogens with one attached hydrogen (secondary N) is 1. The molecule has 0 aromatic carbocycles. The first kappa shape index (κ1) is 40.5. The van der Waals surface area contributed by atoms with Crippen molar-refractivity contribution in [2.75, 3.05) is 159 Å². The standard InChI is InChI=1S/C29H61NO11/c1-3-4-5-6-8-31-10-12-33-14-16-35-18-20-37-22-24-39-26-28-41-29-27-40-25-23-38-21-19-36-17-15-34-13-11-32-9-7-30-2/h30H,3-29H2,1-2H3. The van der Waals surface area contributed by atoms with E-state index >= 15 is 0 Å². The Labute approximate surface area is 249 Å². The molecular weight excluding hydrogens is 538 g/mol. The van der Waals surface area contributed by atoms with E-state index < -0.39 is 0 Å². The first-order valence-corrected chi connectivity index (χ1v) is 15.4. The number of rotatable bonds is 38. The van der Waals surface area contributed by atoms with Gasteiger partial charge in [-0.3, -0.25) is 0 Å². The van der Waals surface area contributed by atoms with Crippen LogP contribution in [0, 0.1) is 0 Å². The molecule has 0 bridgehead atoms. The third-order valence-electron chi connectivity index (χ3n) is 5.36. The van der Waals surface area contributed by atoms with Crippen LogP contribution in [0.25, 0.3) is 0 Å². The summed E-state index contributed by atoms with van der Waals surface area (Å²) in [5.41, 5.74) is 0. The van der Waals surface area contributed by atoms with Gasteiger partial charge in [-0.2, -0.15) is 0 Å². The van der Waals surface area contributed by atoms with Crippen LogP contribution in [-0.4, -0.2) is 159 Å². The number of hydrogen-bond donors (Lipinski definition) is 1. The SMILES string of the molecule is CCCCCCOCCOCCOCCOCCOCCOCCOCCOCCOCCOCCOCCNC. The third kappa shape index (κ3) is 39.5. The Kier molecular flexibility index (Phi) is 39.1. The van der Waals surface area contributed by atoms with Crippen LogP contribution >= 0.6 is 0 Å². The van der Waals surface area contributed by atoms with E-state index in [9.17, 15) is 0 Å². The fourth-order valence-corrected chi connectivity index (χ4v) is 3.11. The zero-order valence-electron chi connectivity index (χ0n) is 26.1. The van der Waals surface area contributed by atoms with E-state index in [-0.39, 0.29) is 0 Å². The van der Waals surface area contributed by atoms with E-state index in [1.165, 1.54) is 19.3 Å². The van der Waals surface area contributed by atoms with Crippen molar-refractivity contribution < 1.29 is 52.1 Å². The summed E-state index contributed by atoms with van der Waals surface area (Å²) in [7, 11) is 1.90. The maximum atomic E-state index is 5.52. The lowest BCUT2D eigenvalue weighted by atomic mass is 10.2. The van der Waals surface area contributed by atoms with Gasteiger partial charge in [0.1, 0.15) is 0 Å². The minimum Gasteiger partial charge on any atom is -0.379 e. The molecular formula is C29H61NO11. The Morgan fingerprint density at radius 1 is 0.293 bits per heavy atom. The summed E-state index contributed by atoms with van der Waals surface area (Å²) in [5.74, 6) is 0. The summed E-state index contributed by atoms with van der Waals surface area (Å²) in [6.45, 7) is 15.6. The molecule has 0 aromatic rings. The molecule has 0 atom stereocenters.